The van der Waals surface area contributed by atoms with Crippen molar-refractivity contribution < 1.29 is 19.8 Å². The van der Waals surface area contributed by atoms with E-state index in [4.69, 9.17) is 0 Å². The predicted octanol–water partition coefficient (Wildman–Crippen LogP) is 1.96. The van der Waals surface area contributed by atoms with E-state index >= 15 is 0 Å². The van der Waals surface area contributed by atoms with Crippen LogP contribution in [-0.4, -0.2) is 28.1 Å². The maximum absolute atomic E-state index is 12.0. The fourth-order valence-electron chi connectivity index (χ4n) is 2.06. The zero-order valence-corrected chi connectivity index (χ0v) is 12.4. The lowest BCUT2D eigenvalue weighted by Gasteiger charge is -2.14. The van der Waals surface area contributed by atoms with Crippen LogP contribution in [0, 0.1) is 0 Å². The molecule has 120 valence electrons. The van der Waals surface area contributed by atoms with Gasteiger partial charge >= 0.3 is 5.97 Å². The van der Waals surface area contributed by atoms with Gasteiger partial charge in [-0.3, -0.25) is 14.9 Å². The summed E-state index contributed by atoms with van der Waals surface area (Å²) in [5.74, 6) is -1.50. The Bertz CT molecular complexity index is 673. The molecule has 1 amide bonds. The SMILES string of the molecule is O=C(C[C@H](NCc1ccccc1)C(=O)O)Nc1cccc(O)c1. The maximum atomic E-state index is 12.0. The molecule has 0 aliphatic rings. The van der Waals surface area contributed by atoms with E-state index in [1.807, 2.05) is 30.3 Å². The summed E-state index contributed by atoms with van der Waals surface area (Å²) in [6, 6.07) is 14.4. The van der Waals surface area contributed by atoms with Crippen molar-refractivity contribution in [1.29, 1.82) is 0 Å². The highest BCUT2D eigenvalue weighted by Gasteiger charge is 2.20. The van der Waals surface area contributed by atoms with Gasteiger partial charge in [0.15, 0.2) is 0 Å². The highest BCUT2D eigenvalue weighted by molar-refractivity contribution is 5.94. The first-order valence-electron chi connectivity index (χ1n) is 7.13. The molecule has 0 aliphatic heterocycles. The van der Waals surface area contributed by atoms with E-state index in [9.17, 15) is 19.8 Å². The standard InChI is InChI=1S/C17H18N2O4/c20-14-8-4-7-13(9-14)19-16(21)10-15(17(22)23)18-11-12-5-2-1-3-6-12/h1-9,15,18,20H,10-11H2,(H,19,21)(H,22,23)/t15-/m0/s1. The monoisotopic (exact) mass is 314 g/mol. The van der Waals surface area contributed by atoms with Crippen molar-refractivity contribution in [3.05, 3.63) is 60.2 Å². The first-order chi connectivity index (χ1) is 11.0. The number of aliphatic carboxylic acids is 1. The van der Waals surface area contributed by atoms with Gasteiger partial charge in [-0.05, 0) is 17.7 Å². The number of carbonyl (C=O) groups excluding carboxylic acids is 1. The van der Waals surface area contributed by atoms with Gasteiger partial charge in [-0.15, -0.1) is 0 Å². The fourth-order valence-corrected chi connectivity index (χ4v) is 2.06. The first-order valence-corrected chi connectivity index (χ1v) is 7.13. The van der Waals surface area contributed by atoms with Gasteiger partial charge in [-0.1, -0.05) is 36.4 Å². The molecular weight excluding hydrogens is 296 g/mol. The molecule has 0 unspecified atom stereocenters. The number of hydrogen-bond acceptors (Lipinski definition) is 4. The number of phenolic OH excluding ortho intramolecular Hbond substituents is 1. The molecule has 0 radical (unpaired) electrons. The average Bonchev–Trinajstić information content (AvgIpc) is 2.52. The molecule has 23 heavy (non-hydrogen) atoms. The number of benzene rings is 2. The summed E-state index contributed by atoms with van der Waals surface area (Å²) in [5, 5.41) is 24.0. The largest absolute Gasteiger partial charge is 0.508 e. The molecule has 0 aromatic heterocycles. The Morgan fingerprint density at radius 1 is 1.04 bits per heavy atom. The van der Waals surface area contributed by atoms with Crippen molar-refractivity contribution in [3.63, 3.8) is 0 Å². The number of nitrogens with one attached hydrogen (secondary N) is 2. The Hall–Kier alpha value is -2.86. The van der Waals surface area contributed by atoms with E-state index in [-0.39, 0.29) is 12.2 Å². The molecule has 6 nitrogen and oxygen atoms in total. The van der Waals surface area contributed by atoms with Gasteiger partial charge in [0.2, 0.25) is 5.91 Å². The number of carbonyl (C=O) groups is 2. The Balaban J connectivity index is 1.91. The van der Waals surface area contributed by atoms with Crippen molar-refractivity contribution in [1.82, 2.24) is 5.32 Å². The molecular formula is C17H18N2O4. The third-order valence-electron chi connectivity index (χ3n) is 3.21. The Morgan fingerprint density at radius 3 is 2.43 bits per heavy atom. The second-order valence-corrected chi connectivity index (χ2v) is 5.06. The average molecular weight is 314 g/mol. The van der Waals surface area contributed by atoms with Crippen LogP contribution < -0.4 is 10.6 Å². The molecule has 6 heteroatoms. The zero-order chi connectivity index (χ0) is 16.7. The molecule has 0 spiro atoms. The number of rotatable bonds is 7. The lowest BCUT2D eigenvalue weighted by atomic mass is 10.1. The van der Waals surface area contributed by atoms with Crippen LogP contribution in [0.4, 0.5) is 5.69 Å². The quantitative estimate of drug-likeness (QED) is 0.626. The number of phenols is 1. The van der Waals surface area contributed by atoms with Crippen LogP contribution in [0.1, 0.15) is 12.0 Å². The van der Waals surface area contributed by atoms with E-state index in [1.54, 1.807) is 12.1 Å². The van der Waals surface area contributed by atoms with E-state index in [0.29, 0.717) is 12.2 Å². The molecule has 0 saturated carbocycles. The van der Waals surface area contributed by atoms with Gasteiger partial charge in [0.1, 0.15) is 11.8 Å². The van der Waals surface area contributed by atoms with Crippen molar-refractivity contribution in [2.45, 2.75) is 19.0 Å². The maximum Gasteiger partial charge on any atom is 0.321 e. The molecule has 2 aromatic carbocycles. The minimum atomic E-state index is -1.09. The van der Waals surface area contributed by atoms with Crippen molar-refractivity contribution in [3.8, 4) is 5.75 Å². The number of anilines is 1. The van der Waals surface area contributed by atoms with Crippen LogP contribution in [-0.2, 0) is 16.1 Å². The van der Waals surface area contributed by atoms with Crippen LogP contribution >= 0.6 is 0 Å². The number of amides is 1. The molecule has 0 aliphatic carbocycles. The summed E-state index contributed by atoms with van der Waals surface area (Å²) in [6.45, 7) is 0.358. The summed E-state index contributed by atoms with van der Waals surface area (Å²) in [6.07, 6.45) is -0.210. The number of carboxylic acid groups (broad SMARTS) is 1. The van der Waals surface area contributed by atoms with Crippen molar-refractivity contribution in [2.24, 2.45) is 0 Å². The Morgan fingerprint density at radius 2 is 1.78 bits per heavy atom. The third-order valence-corrected chi connectivity index (χ3v) is 3.21. The zero-order valence-electron chi connectivity index (χ0n) is 12.4. The van der Waals surface area contributed by atoms with Crippen LogP contribution in [0.25, 0.3) is 0 Å². The molecule has 4 N–H and O–H groups in total. The molecule has 2 rings (SSSR count). The molecule has 1 atom stereocenters. The van der Waals surface area contributed by atoms with E-state index in [0.717, 1.165) is 5.56 Å². The van der Waals surface area contributed by atoms with E-state index in [1.165, 1.54) is 12.1 Å². The topological polar surface area (TPSA) is 98.7 Å². The van der Waals surface area contributed by atoms with Crippen LogP contribution in [0.15, 0.2) is 54.6 Å². The van der Waals surface area contributed by atoms with Gasteiger partial charge in [-0.2, -0.15) is 0 Å². The normalized spacial score (nSPS) is 11.7. The van der Waals surface area contributed by atoms with Gasteiger partial charge < -0.3 is 15.5 Å². The second-order valence-electron chi connectivity index (χ2n) is 5.06. The summed E-state index contributed by atoms with van der Waals surface area (Å²) in [7, 11) is 0. The molecule has 0 bridgehead atoms. The minimum Gasteiger partial charge on any atom is -0.508 e. The number of aromatic hydroxyl groups is 1. The van der Waals surface area contributed by atoms with Gasteiger partial charge in [0, 0.05) is 18.3 Å². The van der Waals surface area contributed by atoms with E-state index in [2.05, 4.69) is 10.6 Å². The number of carboxylic acids is 1. The molecule has 0 heterocycles. The molecule has 0 saturated heterocycles. The minimum absolute atomic E-state index is 0.0276. The lowest BCUT2D eigenvalue weighted by molar-refractivity contribution is -0.141. The highest BCUT2D eigenvalue weighted by atomic mass is 16.4. The fraction of sp³-hybridized carbons (Fsp3) is 0.176. The van der Waals surface area contributed by atoms with Gasteiger partial charge in [0.25, 0.3) is 0 Å². The Labute approximate surface area is 133 Å². The second kappa shape index (κ2) is 7.95. The van der Waals surface area contributed by atoms with Crippen molar-refractivity contribution in [2.75, 3.05) is 5.32 Å². The van der Waals surface area contributed by atoms with E-state index < -0.39 is 17.9 Å². The Kier molecular flexibility index (Phi) is 5.71. The first kappa shape index (κ1) is 16.5. The van der Waals surface area contributed by atoms with Crippen LogP contribution in [0.2, 0.25) is 0 Å². The smallest absolute Gasteiger partial charge is 0.321 e. The van der Waals surface area contributed by atoms with Gasteiger partial charge in [-0.25, -0.2) is 0 Å². The van der Waals surface area contributed by atoms with Gasteiger partial charge in [0.05, 0.1) is 6.42 Å². The highest BCUT2D eigenvalue weighted by Crippen LogP contribution is 2.15. The summed E-state index contributed by atoms with van der Waals surface area (Å²) in [4.78, 5) is 23.2. The predicted molar refractivity (Wildman–Crippen MR) is 86.1 cm³/mol. The lowest BCUT2D eigenvalue weighted by Crippen LogP contribution is -2.39. The molecule has 0 fully saturated rings. The van der Waals surface area contributed by atoms with Crippen LogP contribution in [0.3, 0.4) is 0 Å². The van der Waals surface area contributed by atoms with Crippen LogP contribution in [0.5, 0.6) is 5.75 Å². The summed E-state index contributed by atoms with van der Waals surface area (Å²) >= 11 is 0. The number of hydrogen-bond donors (Lipinski definition) is 4. The third kappa shape index (κ3) is 5.44. The summed E-state index contributed by atoms with van der Waals surface area (Å²) < 4.78 is 0. The van der Waals surface area contributed by atoms with Crippen molar-refractivity contribution >= 4 is 17.6 Å². The summed E-state index contributed by atoms with van der Waals surface area (Å²) in [5.41, 5.74) is 1.36. The molecule has 2 aromatic rings.